The van der Waals surface area contributed by atoms with Crippen LogP contribution < -0.4 is 0 Å². The van der Waals surface area contributed by atoms with Gasteiger partial charge in [0.05, 0.1) is 0 Å². The van der Waals surface area contributed by atoms with Gasteiger partial charge in [-0.15, -0.1) is 0 Å². The van der Waals surface area contributed by atoms with Gasteiger partial charge in [0.2, 0.25) is 0 Å². The smallest absolute Gasteiger partial charge is 0.0354 e. The first kappa shape index (κ1) is 21.0. The molecule has 0 rings (SSSR count). The molecule has 0 heteroatoms. The summed E-state index contributed by atoms with van der Waals surface area (Å²) >= 11 is 0. The summed E-state index contributed by atoms with van der Waals surface area (Å²) in [4.78, 5) is 0. The highest BCUT2D eigenvalue weighted by atomic mass is 14.2. The maximum Gasteiger partial charge on any atom is -0.0354 e. The molecule has 0 aromatic carbocycles. The van der Waals surface area contributed by atoms with E-state index in [0.29, 0.717) is 5.41 Å². The standard InChI is InChI=1S/C21H44/c1-5-7-8-9-10-11-12-13-14-15-16-17-18-20-21(3,4)19-6-2/h5-20H2,1-4H3. The van der Waals surface area contributed by atoms with Gasteiger partial charge in [-0.05, 0) is 18.3 Å². The molecule has 0 aliphatic carbocycles. The van der Waals surface area contributed by atoms with E-state index >= 15 is 0 Å². The van der Waals surface area contributed by atoms with Crippen LogP contribution in [0.4, 0.5) is 0 Å². The average Bonchev–Trinajstić information content (AvgIpc) is 2.44. The minimum Gasteiger partial charge on any atom is -0.0654 e. The average molecular weight is 297 g/mol. The normalized spacial score (nSPS) is 12.0. The molecule has 0 atom stereocenters. The van der Waals surface area contributed by atoms with E-state index in [0.717, 1.165) is 0 Å². The fourth-order valence-electron chi connectivity index (χ4n) is 3.42. The molecule has 21 heavy (non-hydrogen) atoms. The number of hydrogen-bond donors (Lipinski definition) is 0. The number of unbranched alkanes of at least 4 members (excludes halogenated alkanes) is 12. The van der Waals surface area contributed by atoms with Crippen molar-refractivity contribution in [1.29, 1.82) is 0 Å². The topological polar surface area (TPSA) is 0 Å². The minimum absolute atomic E-state index is 0.590. The van der Waals surface area contributed by atoms with E-state index in [1.54, 1.807) is 0 Å². The molecule has 0 heterocycles. The maximum atomic E-state index is 2.44. The Morgan fingerprint density at radius 2 is 0.810 bits per heavy atom. The summed E-state index contributed by atoms with van der Waals surface area (Å²) in [7, 11) is 0. The fourth-order valence-corrected chi connectivity index (χ4v) is 3.42. The molecular formula is C21H44. The number of rotatable bonds is 16. The molecular weight excluding hydrogens is 252 g/mol. The molecule has 0 saturated carbocycles. The van der Waals surface area contributed by atoms with Gasteiger partial charge in [-0.1, -0.05) is 118 Å². The van der Waals surface area contributed by atoms with Crippen molar-refractivity contribution in [3.8, 4) is 0 Å². The first-order valence-corrected chi connectivity index (χ1v) is 10.1. The van der Waals surface area contributed by atoms with Gasteiger partial charge in [0.1, 0.15) is 0 Å². The molecule has 0 bridgehead atoms. The molecule has 0 aromatic rings. The van der Waals surface area contributed by atoms with Gasteiger partial charge in [-0.3, -0.25) is 0 Å². The first-order valence-electron chi connectivity index (χ1n) is 10.1. The molecule has 0 saturated heterocycles. The van der Waals surface area contributed by atoms with E-state index < -0.39 is 0 Å². The van der Waals surface area contributed by atoms with Crippen molar-refractivity contribution in [2.24, 2.45) is 5.41 Å². The minimum atomic E-state index is 0.590. The Hall–Kier alpha value is 0. The SMILES string of the molecule is CCCCCCCCCCCCCCCC(C)(C)CCC. The third-order valence-electron chi connectivity index (χ3n) is 4.88. The Bertz CT molecular complexity index is 192. The van der Waals surface area contributed by atoms with E-state index in [2.05, 4.69) is 27.7 Å². The van der Waals surface area contributed by atoms with Crippen LogP contribution in [0.2, 0.25) is 0 Å². The summed E-state index contributed by atoms with van der Waals surface area (Å²) in [6, 6.07) is 0. The predicted octanol–water partition coefficient (Wildman–Crippen LogP) is 8.29. The van der Waals surface area contributed by atoms with Crippen LogP contribution in [-0.4, -0.2) is 0 Å². The molecule has 0 fully saturated rings. The van der Waals surface area contributed by atoms with Gasteiger partial charge in [0.15, 0.2) is 0 Å². The zero-order valence-corrected chi connectivity index (χ0v) is 15.8. The lowest BCUT2D eigenvalue weighted by atomic mass is 9.83. The van der Waals surface area contributed by atoms with Crippen molar-refractivity contribution in [2.75, 3.05) is 0 Å². The Balaban J connectivity index is 3.12. The van der Waals surface area contributed by atoms with Gasteiger partial charge in [-0.2, -0.15) is 0 Å². The van der Waals surface area contributed by atoms with Crippen molar-refractivity contribution in [3.63, 3.8) is 0 Å². The zero-order chi connectivity index (χ0) is 15.8. The summed E-state index contributed by atoms with van der Waals surface area (Å²) in [5.74, 6) is 0. The Morgan fingerprint density at radius 1 is 0.429 bits per heavy atom. The fraction of sp³-hybridized carbons (Fsp3) is 1.00. The molecule has 0 N–H and O–H groups in total. The molecule has 0 radical (unpaired) electrons. The molecule has 0 aliphatic heterocycles. The molecule has 0 unspecified atom stereocenters. The summed E-state index contributed by atoms with van der Waals surface area (Å²) in [5, 5.41) is 0. The molecule has 0 nitrogen and oxygen atoms in total. The quantitative estimate of drug-likeness (QED) is 0.251. The second-order valence-corrected chi connectivity index (χ2v) is 7.91. The monoisotopic (exact) mass is 296 g/mol. The van der Waals surface area contributed by atoms with Crippen LogP contribution in [0.5, 0.6) is 0 Å². The van der Waals surface area contributed by atoms with E-state index in [9.17, 15) is 0 Å². The van der Waals surface area contributed by atoms with Crippen molar-refractivity contribution >= 4 is 0 Å². The molecule has 0 aromatic heterocycles. The highest BCUT2D eigenvalue weighted by Crippen LogP contribution is 2.29. The summed E-state index contributed by atoms with van der Waals surface area (Å²) in [6.45, 7) is 9.49. The van der Waals surface area contributed by atoms with Gasteiger partial charge in [0.25, 0.3) is 0 Å². The van der Waals surface area contributed by atoms with Crippen LogP contribution >= 0.6 is 0 Å². The number of hydrogen-bond acceptors (Lipinski definition) is 0. The highest BCUT2D eigenvalue weighted by Gasteiger charge is 2.15. The Morgan fingerprint density at radius 3 is 1.19 bits per heavy atom. The summed E-state index contributed by atoms with van der Waals surface area (Å²) in [6.07, 6.45) is 23.2. The zero-order valence-electron chi connectivity index (χ0n) is 15.8. The first-order chi connectivity index (χ1) is 10.1. The summed E-state index contributed by atoms with van der Waals surface area (Å²) in [5.41, 5.74) is 0.590. The van der Waals surface area contributed by atoms with Crippen LogP contribution in [0.25, 0.3) is 0 Å². The van der Waals surface area contributed by atoms with Crippen LogP contribution in [0, 0.1) is 5.41 Å². The Labute approximate surface area is 136 Å². The molecule has 0 spiro atoms. The lowest BCUT2D eigenvalue weighted by molar-refractivity contribution is 0.291. The van der Waals surface area contributed by atoms with E-state index in [4.69, 9.17) is 0 Å². The van der Waals surface area contributed by atoms with Crippen molar-refractivity contribution in [1.82, 2.24) is 0 Å². The van der Waals surface area contributed by atoms with Gasteiger partial charge >= 0.3 is 0 Å². The van der Waals surface area contributed by atoms with Crippen molar-refractivity contribution in [2.45, 2.75) is 130 Å². The summed E-state index contributed by atoms with van der Waals surface area (Å²) < 4.78 is 0. The van der Waals surface area contributed by atoms with Crippen molar-refractivity contribution in [3.05, 3.63) is 0 Å². The van der Waals surface area contributed by atoms with Crippen LogP contribution in [0.3, 0.4) is 0 Å². The molecule has 0 amide bonds. The lowest BCUT2D eigenvalue weighted by Gasteiger charge is -2.23. The van der Waals surface area contributed by atoms with E-state index in [1.807, 2.05) is 0 Å². The lowest BCUT2D eigenvalue weighted by Crippen LogP contribution is -2.10. The van der Waals surface area contributed by atoms with E-state index in [-0.39, 0.29) is 0 Å². The largest absolute Gasteiger partial charge is 0.0654 e. The van der Waals surface area contributed by atoms with Gasteiger partial charge in [0, 0.05) is 0 Å². The predicted molar refractivity (Wildman–Crippen MR) is 99.0 cm³/mol. The third kappa shape index (κ3) is 16.2. The molecule has 128 valence electrons. The Kier molecular flexibility index (Phi) is 14.9. The maximum absolute atomic E-state index is 2.44. The second kappa shape index (κ2) is 14.9. The van der Waals surface area contributed by atoms with Crippen LogP contribution in [0.15, 0.2) is 0 Å². The van der Waals surface area contributed by atoms with Crippen molar-refractivity contribution < 1.29 is 0 Å². The second-order valence-electron chi connectivity index (χ2n) is 7.91. The molecule has 0 aliphatic rings. The van der Waals surface area contributed by atoms with Crippen LogP contribution in [-0.2, 0) is 0 Å². The van der Waals surface area contributed by atoms with Crippen LogP contribution in [0.1, 0.15) is 130 Å². The highest BCUT2D eigenvalue weighted by molar-refractivity contribution is 4.67. The third-order valence-corrected chi connectivity index (χ3v) is 4.88. The van der Waals surface area contributed by atoms with E-state index in [1.165, 1.54) is 103 Å². The van der Waals surface area contributed by atoms with Gasteiger partial charge in [-0.25, -0.2) is 0 Å². The van der Waals surface area contributed by atoms with Gasteiger partial charge < -0.3 is 0 Å².